The number of aryl methyl sites for hydroxylation is 1. The average Bonchev–Trinajstić information content (AvgIpc) is 2.97. The van der Waals surface area contributed by atoms with E-state index in [1.54, 1.807) is 5.56 Å². The largest absolute Gasteiger partial charge is 0.508 e. The highest BCUT2D eigenvalue weighted by Crippen LogP contribution is 2.57. The lowest BCUT2D eigenvalue weighted by molar-refractivity contribution is 0.467. The molecular weight excluding hydrogens is 196 g/mol. The van der Waals surface area contributed by atoms with Crippen LogP contribution in [0, 0.1) is 0 Å². The fourth-order valence-electron chi connectivity index (χ4n) is 3.40. The molecule has 1 spiro atoms. The van der Waals surface area contributed by atoms with E-state index in [1.165, 1.54) is 36.8 Å². The van der Waals surface area contributed by atoms with Crippen LogP contribution < -0.4 is 0 Å². The van der Waals surface area contributed by atoms with Gasteiger partial charge in [0, 0.05) is 0 Å². The molecule has 16 heavy (non-hydrogen) atoms. The fourth-order valence-corrected chi connectivity index (χ4v) is 3.40. The van der Waals surface area contributed by atoms with Crippen LogP contribution in [0.3, 0.4) is 0 Å². The lowest BCUT2D eigenvalue weighted by Crippen LogP contribution is -2.19. The van der Waals surface area contributed by atoms with Gasteiger partial charge in [0.2, 0.25) is 0 Å². The Labute approximate surface area is 97.5 Å². The van der Waals surface area contributed by atoms with E-state index < -0.39 is 0 Å². The van der Waals surface area contributed by atoms with Crippen LogP contribution in [0.15, 0.2) is 12.1 Å². The van der Waals surface area contributed by atoms with Gasteiger partial charge in [-0.1, -0.05) is 13.8 Å². The van der Waals surface area contributed by atoms with Crippen LogP contribution in [0.5, 0.6) is 5.75 Å². The van der Waals surface area contributed by atoms with E-state index in [1.807, 2.05) is 12.1 Å². The minimum absolute atomic E-state index is 0.458. The molecule has 1 aromatic carbocycles. The predicted octanol–water partition coefficient (Wildman–Crippen LogP) is 3.88. The molecule has 2 aliphatic carbocycles. The molecule has 1 saturated carbocycles. The molecule has 0 bridgehead atoms. The Morgan fingerprint density at radius 3 is 2.56 bits per heavy atom. The van der Waals surface area contributed by atoms with Gasteiger partial charge in [0.15, 0.2) is 0 Å². The molecule has 0 heterocycles. The highest BCUT2D eigenvalue weighted by molar-refractivity contribution is 5.51. The highest BCUT2D eigenvalue weighted by Gasteiger charge is 2.48. The van der Waals surface area contributed by atoms with E-state index >= 15 is 0 Å². The van der Waals surface area contributed by atoms with Crippen LogP contribution in [0.1, 0.15) is 62.1 Å². The lowest BCUT2D eigenvalue weighted by Gasteiger charge is -2.29. The number of fused-ring (bicyclic) bond motifs is 2. The number of phenols is 1. The molecule has 1 heteroatoms. The zero-order chi connectivity index (χ0) is 11.3. The lowest BCUT2D eigenvalue weighted by atomic mass is 9.75. The molecule has 0 aromatic heterocycles. The molecule has 1 N–H and O–H groups in total. The van der Waals surface area contributed by atoms with Gasteiger partial charge in [0.1, 0.15) is 5.75 Å². The normalized spacial score (nSPS) is 21.2. The van der Waals surface area contributed by atoms with Gasteiger partial charge in [-0.25, -0.2) is 0 Å². The van der Waals surface area contributed by atoms with Crippen molar-refractivity contribution < 1.29 is 5.11 Å². The number of rotatable bonds is 1. The second kappa shape index (κ2) is 3.26. The molecule has 0 saturated heterocycles. The molecule has 86 valence electrons. The van der Waals surface area contributed by atoms with Gasteiger partial charge >= 0.3 is 0 Å². The van der Waals surface area contributed by atoms with Gasteiger partial charge in [-0.05, 0) is 72.3 Å². The Morgan fingerprint density at radius 2 is 1.94 bits per heavy atom. The van der Waals surface area contributed by atoms with E-state index in [9.17, 15) is 5.11 Å². The van der Waals surface area contributed by atoms with Gasteiger partial charge in [-0.15, -0.1) is 0 Å². The summed E-state index contributed by atoms with van der Waals surface area (Å²) in [5.41, 5.74) is 4.94. The average molecular weight is 216 g/mol. The molecule has 1 aromatic rings. The predicted molar refractivity (Wildman–Crippen MR) is 66.0 cm³/mol. The molecule has 3 rings (SSSR count). The smallest absolute Gasteiger partial charge is 0.116 e. The molecule has 0 unspecified atom stereocenters. The summed E-state index contributed by atoms with van der Waals surface area (Å²) in [5.74, 6) is 0.983. The van der Waals surface area contributed by atoms with E-state index in [0.717, 1.165) is 6.42 Å². The molecule has 0 amide bonds. The van der Waals surface area contributed by atoms with Gasteiger partial charge in [0.25, 0.3) is 0 Å². The maximum Gasteiger partial charge on any atom is 0.116 e. The summed E-state index contributed by atoms with van der Waals surface area (Å²) in [6.07, 6.45) is 6.55. The third-order valence-corrected chi connectivity index (χ3v) is 4.34. The summed E-state index contributed by atoms with van der Waals surface area (Å²) in [6.45, 7) is 4.47. The maximum absolute atomic E-state index is 9.81. The van der Waals surface area contributed by atoms with E-state index in [0.29, 0.717) is 17.1 Å². The van der Waals surface area contributed by atoms with Crippen molar-refractivity contribution in [3.05, 3.63) is 28.8 Å². The van der Waals surface area contributed by atoms with Crippen molar-refractivity contribution in [3.8, 4) is 5.75 Å². The summed E-state index contributed by atoms with van der Waals surface area (Å²) in [7, 11) is 0. The van der Waals surface area contributed by atoms with Crippen molar-refractivity contribution in [3.63, 3.8) is 0 Å². The van der Waals surface area contributed by atoms with E-state index in [4.69, 9.17) is 0 Å². The standard InChI is InChI=1S/C15H20O/c1-10(2)13-9-12(16)8-11-4-3-5-15(6-7-15)14(11)13/h8-10,16H,3-7H2,1-2H3. The first-order valence-electron chi connectivity index (χ1n) is 6.49. The van der Waals surface area contributed by atoms with Crippen molar-refractivity contribution in [2.45, 2.75) is 57.3 Å². The first kappa shape index (κ1) is 10.2. The van der Waals surface area contributed by atoms with Crippen LogP contribution in [0.4, 0.5) is 0 Å². The number of hydrogen-bond acceptors (Lipinski definition) is 1. The van der Waals surface area contributed by atoms with Crippen LogP contribution >= 0.6 is 0 Å². The van der Waals surface area contributed by atoms with Crippen molar-refractivity contribution in [2.75, 3.05) is 0 Å². The first-order chi connectivity index (χ1) is 7.62. The van der Waals surface area contributed by atoms with E-state index in [-0.39, 0.29) is 0 Å². The molecule has 0 radical (unpaired) electrons. The summed E-state index contributed by atoms with van der Waals surface area (Å²) in [4.78, 5) is 0. The van der Waals surface area contributed by atoms with Gasteiger partial charge in [-0.3, -0.25) is 0 Å². The van der Waals surface area contributed by atoms with Crippen LogP contribution in [-0.2, 0) is 11.8 Å². The van der Waals surface area contributed by atoms with Crippen molar-refractivity contribution >= 4 is 0 Å². The molecule has 1 nitrogen and oxygen atoms in total. The number of phenolic OH excluding ortho intramolecular Hbond substituents is 1. The molecular formula is C15H20O. The molecule has 2 aliphatic rings. The Balaban J connectivity index is 2.21. The second-order valence-corrected chi connectivity index (χ2v) is 5.86. The Kier molecular flexibility index (Phi) is 2.07. The van der Waals surface area contributed by atoms with E-state index in [2.05, 4.69) is 13.8 Å². The zero-order valence-corrected chi connectivity index (χ0v) is 10.2. The topological polar surface area (TPSA) is 20.2 Å². The number of aromatic hydroxyl groups is 1. The third kappa shape index (κ3) is 1.37. The van der Waals surface area contributed by atoms with Crippen molar-refractivity contribution in [1.29, 1.82) is 0 Å². The maximum atomic E-state index is 9.81. The van der Waals surface area contributed by atoms with Gasteiger partial charge in [0.05, 0.1) is 0 Å². The summed E-state index contributed by atoms with van der Waals surface area (Å²) < 4.78 is 0. The summed E-state index contributed by atoms with van der Waals surface area (Å²) >= 11 is 0. The van der Waals surface area contributed by atoms with Crippen LogP contribution in [-0.4, -0.2) is 5.11 Å². The molecule has 1 fully saturated rings. The van der Waals surface area contributed by atoms with Crippen LogP contribution in [0.25, 0.3) is 0 Å². The van der Waals surface area contributed by atoms with Crippen molar-refractivity contribution in [1.82, 2.24) is 0 Å². The third-order valence-electron chi connectivity index (χ3n) is 4.34. The first-order valence-corrected chi connectivity index (χ1v) is 6.49. The Hall–Kier alpha value is -0.980. The van der Waals surface area contributed by atoms with Crippen molar-refractivity contribution in [2.24, 2.45) is 0 Å². The quantitative estimate of drug-likeness (QED) is 0.755. The Morgan fingerprint density at radius 1 is 1.19 bits per heavy atom. The minimum atomic E-state index is 0.458. The molecule has 0 aliphatic heterocycles. The van der Waals surface area contributed by atoms with Crippen LogP contribution in [0.2, 0.25) is 0 Å². The SMILES string of the molecule is CC(C)c1cc(O)cc2c1C1(CCC2)CC1. The summed E-state index contributed by atoms with van der Waals surface area (Å²) in [5, 5.41) is 9.81. The second-order valence-electron chi connectivity index (χ2n) is 5.86. The fraction of sp³-hybridized carbons (Fsp3) is 0.600. The minimum Gasteiger partial charge on any atom is -0.508 e. The monoisotopic (exact) mass is 216 g/mol. The number of benzene rings is 1. The highest BCUT2D eigenvalue weighted by atomic mass is 16.3. The zero-order valence-electron chi connectivity index (χ0n) is 10.2. The number of hydrogen-bond donors (Lipinski definition) is 1. The summed E-state index contributed by atoms with van der Waals surface area (Å²) in [6, 6.07) is 4.00. The van der Waals surface area contributed by atoms with Gasteiger partial charge in [-0.2, -0.15) is 0 Å². The Bertz CT molecular complexity index is 427. The van der Waals surface area contributed by atoms with Gasteiger partial charge < -0.3 is 5.11 Å². The molecule has 0 atom stereocenters.